The summed E-state index contributed by atoms with van der Waals surface area (Å²) < 4.78 is 11.1. The van der Waals surface area contributed by atoms with Crippen molar-refractivity contribution in [2.24, 2.45) is 5.92 Å². The molecule has 1 saturated heterocycles. The number of fused-ring (bicyclic) bond motifs is 1. The lowest BCUT2D eigenvalue weighted by Crippen LogP contribution is -2.54. The smallest absolute Gasteiger partial charge is 0.329 e. The Hall–Kier alpha value is -3.96. The Labute approximate surface area is 322 Å². The van der Waals surface area contributed by atoms with Crippen LogP contribution in [0.2, 0.25) is 0 Å². The second kappa shape index (κ2) is 18.2. The molecule has 3 atom stereocenters. The van der Waals surface area contributed by atoms with Crippen LogP contribution in [0, 0.1) is 5.92 Å². The number of carbonyl (C=O) groups excluding carboxylic acids is 4. The molecule has 11 heteroatoms. The maximum Gasteiger partial charge on any atom is 0.329 e. The summed E-state index contributed by atoms with van der Waals surface area (Å²) in [5.41, 5.74) is 1.10. The number of benzene rings is 3. The van der Waals surface area contributed by atoms with Crippen LogP contribution in [0.1, 0.15) is 99.7 Å². The maximum absolute atomic E-state index is 14.7. The van der Waals surface area contributed by atoms with Crippen LogP contribution in [0.25, 0.3) is 0 Å². The van der Waals surface area contributed by atoms with Gasteiger partial charge < -0.3 is 25.0 Å². The van der Waals surface area contributed by atoms with Crippen LogP contribution in [-0.4, -0.2) is 66.5 Å². The Kier molecular flexibility index (Phi) is 14.8. The normalized spacial score (nSPS) is 19.2. The summed E-state index contributed by atoms with van der Waals surface area (Å²) in [6, 6.07) is 23.6. The van der Waals surface area contributed by atoms with Crippen molar-refractivity contribution in [3.8, 4) is 5.75 Å². The first-order chi connectivity index (χ1) is 23.8. The van der Waals surface area contributed by atoms with Crippen LogP contribution < -0.4 is 15.4 Å². The third-order valence-corrected chi connectivity index (χ3v) is 9.75. The molecule has 1 fully saturated rings. The van der Waals surface area contributed by atoms with Gasteiger partial charge in [0.2, 0.25) is 11.8 Å². The van der Waals surface area contributed by atoms with E-state index in [1.165, 1.54) is 0 Å². The summed E-state index contributed by atoms with van der Waals surface area (Å²) in [7, 11) is 1.55. The number of ether oxygens (including phenoxy) is 2. The predicted octanol–water partition coefficient (Wildman–Crippen LogP) is 6.38. The van der Waals surface area contributed by atoms with Gasteiger partial charge in [0.25, 0.3) is 5.91 Å². The van der Waals surface area contributed by atoms with Crippen LogP contribution in [0.4, 0.5) is 0 Å². The average molecular weight is 750 g/mol. The summed E-state index contributed by atoms with van der Waals surface area (Å²) in [6.45, 7) is 10.5. The number of piperidine rings is 1. The van der Waals surface area contributed by atoms with Crippen LogP contribution in [-0.2, 0) is 24.5 Å². The average Bonchev–Trinajstić information content (AvgIpc) is 3.10. The van der Waals surface area contributed by atoms with Gasteiger partial charge >= 0.3 is 5.97 Å². The first-order valence-electron chi connectivity index (χ1n) is 17.8. The highest BCUT2D eigenvalue weighted by molar-refractivity contribution is 7.59. The lowest BCUT2D eigenvalue weighted by atomic mass is 9.62. The van der Waals surface area contributed by atoms with Crippen molar-refractivity contribution >= 4 is 50.7 Å². The molecule has 5 rings (SSSR count). The number of methoxy groups -OCH3 is 1. The fraction of sp³-hybridized carbons (Fsp3) is 0.463. The van der Waals surface area contributed by atoms with Crippen LogP contribution in [0.3, 0.4) is 0 Å². The molecule has 3 aromatic carbocycles. The second-order valence-electron chi connectivity index (χ2n) is 14.9. The highest BCUT2D eigenvalue weighted by atomic mass is 32.1. The number of hydrogen-bond acceptors (Lipinski definition) is 6. The van der Waals surface area contributed by atoms with Gasteiger partial charge in [-0.25, -0.2) is 4.79 Å². The van der Waals surface area contributed by atoms with E-state index in [-0.39, 0.29) is 56.7 Å². The van der Waals surface area contributed by atoms with Crippen molar-refractivity contribution in [2.45, 2.75) is 95.7 Å². The molecule has 9 nitrogen and oxygen atoms in total. The number of likely N-dealkylation sites (tertiary alicyclic amines) is 1. The molecule has 0 radical (unpaired) electrons. The van der Waals surface area contributed by atoms with E-state index >= 15 is 0 Å². The van der Waals surface area contributed by atoms with E-state index in [0.717, 1.165) is 16.7 Å². The number of hydrogen-bond donors (Lipinski definition) is 2. The number of para-hydroxylation sites is 1. The number of nitrogens with one attached hydrogen (secondary N) is 2. The minimum Gasteiger partial charge on any atom is -0.496 e. The molecule has 0 aromatic heterocycles. The molecule has 3 aromatic rings. The zero-order valence-electron chi connectivity index (χ0n) is 31.2. The zero-order valence-corrected chi connectivity index (χ0v) is 33.2. The van der Waals surface area contributed by atoms with Crippen molar-refractivity contribution in [3.63, 3.8) is 0 Å². The van der Waals surface area contributed by atoms with E-state index in [9.17, 15) is 19.2 Å². The van der Waals surface area contributed by atoms with Crippen LogP contribution in [0.5, 0.6) is 5.75 Å². The first kappa shape index (κ1) is 42.5. The van der Waals surface area contributed by atoms with Crippen molar-refractivity contribution in [3.05, 3.63) is 101 Å². The first-order valence-corrected chi connectivity index (χ1v) is 17.8. The maximum atomic E-state index is 14.7. The molecule has 2 aliphatic rings. The highest BCUT2D eigenvalue weighted by Crippen LogP contribution is 2.48. The molecule has 1 aliphatic carbocycles. The minimum absolute atomic E-state index is 0. The number of carbonyl (C=O) groups is 4. The molecule has 0 saturated carbocycles. The van der Waals surface area contributed by atoms with Gasteiger partial charge in [-0.05, 0) is 87.6 Å². The van der Waals surface area contributed by atoms with E-state index in [1.54, 1.807) is 19.2 Å². The number of nitrogens with zero attached hydrogens (tertiary/aromatic N) is 1. The number of rotatable bonds is 10. The van der Waals surface area contributed by atoms with Crippen molar-refractivity contribution < 1.29 is 28.7 Å². The highest BCUT2D eigenvalue weighted by Gasteiger charge is 2.50. The Morgan fingerprint density at radius 2 is 1.48 bits per heavy atom. The van der Waals surface area contributed by atoms with Gasteiger partial charge in [-0.3, -0.25) is 14.4 Å². The lowest BCUT2D eigenvalue weighted by molar-refractivity contribution is -0.159. The van der Waals surface area contributed by atoms with Gasteiger partial charge in [-0.1, -0.05) is 80.6 Å². The van der Waals surface area contributed by atoms with Crippen molar-refractivity contribution in [1.29, 1.82) is 0 Å². The third kappa shape index (κ3) is 9.52. The Bertz CT molecular complexity index is 1690. The van der Waals surface area contributed by atoms with E-state index in [4.69, 9.17) is 9.47 Å². The summed E-state index contributed by atoms with van der Waals surface area (Å²) in [5.74, 6) is -0.652. The van der Waals surface area contributed by atoms with Gasteiger partial charge in [-0.2, -0.15) is 27.0 Å². The second-order valence-corrected chi connectivity index (χ2v) is 14.9. The standard InChI is InChI=1S/C41H51N3O6.2H2S/c1-27(2)26-34(38(47)50-40(3,4)5)43-39(48)41(28-14-8-7-9-15-28)23-20-31(30-16-10-12-18-33(30)41)37(46)44-24-21-29(22-25-44)42-36(45)32-17-11-13-19-35(32)49-6;;/h7-19,27,29,31,34H,20-26H2,1-6H3,(H,42,45)(H,43,48);2*1H2/t31-,34-,41+;;/m0../s1. The van der Waals surface area contributed by atoms with E-state index in [0.29, 0.717) is 56.5 Å². The Morgan fingerprint density at radius 3 is 2.12 bits per heavy atom. The molecule has 52 heavy (non-hydrogen) atoms. The molecule has 1 heterocycles. The number of amides is 3. The summed E-state index contributed by atoms with van der Waals surface area (Å²) >= 11 is 0. The molecule has 282 valence electrons. The lowest BCUT2D eigenvalue weighted by Gasteiger charge is -2.43. The van der Waals surface area contributed by atoms with Crippen LogP contribution >= 0.6 is 27.0 Å². The van der Waals surface area contributed by atoms with Crippen molar-refractivity contribution in [2.75, 3.05) is 20.2 Å². The van der Waals surface area contributed by atoms with Gasteiger partial charge in [-0.15, -0.1) is 0 Å². The largest absolute Gasteiger partial charge is 0.496 e. The Balaban J connectivity index is 0.00000364. The fourth-order valence-electron chi connectivity index (χ4n) is 7.39. The topological polar surface area (TPSA) is 114 Å². The molecule has 0 bridgehead atoms. The number of esters is 1. The molecular weight excluding hydrogens is 695 g/mol. The van der Waals surface area contributed by atoms with E-state index in [1.807, 2.05) is 106 Å². The Morgan fingerprint density at radius 1 is 0.865 bits per heavy atom. The quantitative estimate of drug-likeness (QED) is 0.233. The minimum atomic E-state index is -1.11. The van der Waals surface area contributed by atoms with E-state index in [2.05, 4.69) is 10.6 Å². The summed E-state index contributed by atoms with van der Waals surface area (Å²) in [5, 5.41) is 6.24. The predicted molar refractivity (Wildman–Crippen MR) is 214 cm³/mol. The molecule has 0 unspecified atom stereocenters. The molecule has 1 aliphatic heterocycles. The van der Waals surface area contributed by atoms with E-state index < -0.39 is 28.9 Å². The van der Waals surface area contributed by atoms with Crippen LogP contribution in [0.15, 0.2) is 78.9 Å². The zero-order chi connectivity index (χ0) is 36.1. The summed E-state index contributed by atoms with van der Waals surface area (Å²) in [4.78, 5) is 57.3. The molecule has 3 amide bonds. The molecule has 0 spiro atoms. The summed E-state index contributed by atoms with van der Waals surface area (Å²) in [6.07, 6.45) is 2.57. The third-order valence-electron chi connectivity index (χ3n) is 9.75. The van der Waals surface area contributed by atoms with Gasteiger partial charge in [0.1, 0.15) is 17.4 Å². The monoisotopic (exact) mass is 749 g/mol. The van der Waals surface area contributed by atoms with Gasteiger partial charge in [0.05, 0.1) is 24.0 Å². The van der Waals surface area contributed by atoms with Gasteiger partial charge in [0, 0.05) is 19.1 Å². The van der Waals surface area contributed by atoms with Crippen molar-refractivity contribution in [1.82, 2.24) is 15.5 Å². The molecular formula is C41H55N3O6S2. The van der Waals surface area contributed by atoms with Gasteiger partial charge in [0.15, 0.2) is 0 Å². The fourth-order valence-corrected chi connectivity index (χ4v) is 7.39. The SMILES string of the molecule is COc1ccccc1C(=O)NC1CCN(C(=O)[C@H]2CC[C@@](C(=O)N[C@@H](CC(C)C)C(=O)OC(C)(C)C)(c3ccccc3)c3ccccc32)CC1.S.S. The molecule has 2 N–H and O–H groups in total.